The topological polar surface area (TPSA) is 74.2 Å². The summed E-state index contributed by atoms with van der Waals surface area (Å²) in [4.78, 5) is 4.17. The largest absolute Gasteiger partial charge is 0.374 e. The second kappa shape index (κ2) is 6.53. The van der Waals surface area contributed by atoms with Gasteiger partial charge in [-0.3, -0.25) is 0 Å². The van der Waals surface area contributed by atoms with Gasteiger partial charge in [0.2, 0.25) is 5.89 Å². The number of hydrogen-bond donors (Lipinski definition) is 1. The van der Waals surface area contributed by atoms with Crippen LogP contribution in [0.1, 0.15) is 50.9 Å². The molecule has 0 aliphatic heterocycles. The number of ether oxygens (including phenoxy) is 1. The van der Waals surface area contributed by atoms with Gasteiger partial charge in [-0.1, -0.05) is 24.9 Å². The maximum atomic E-state index is 5.89. The molecule has 0 unspecified atom stereocenters. The summed E-state index contributed by atoms with van der Waals surface area (Å²) in [5.74, 6) is 1.08. The molecule has 0 aliphatic carbocycles. The van der Waals surface area contributed by atoms with Crippen molar-refractivity contribution in [2.24, 2.45) is 5.73 Å². The van der Waals surface area contributed by atoms with E-state index in [1.54, 1.807) is 0 Å². The Bertz CT molecular complexity index is 275. The van der Waals surface area contributed by atoms with E-state index in [1.165, 1.54) is 0 Å². The van der Waals surface area contributed by atoms with Crippen LogP contribution in [-0.4, -0.2) is 16.7 Å². The van der Waals surface area contributed by atoms with Crippen molar-refractivity contribution in [3.8, 4) is 0 Å². The summed E-state index contributed by atoms with van der Waals surface area (Å²) >= 11 is 0. The molecule has 86 valence electrons. The maximum absolute atomic E-state index is 5.89. The first-order valence-electron chi connectivity index (χ1n) is 5.43. The highest BCUT2D eigenvalue weighted by molar-refractivity contribution is 4.90. The van der Waals surface area contributed by atoms with Crippen molar-refractivity contribution < 1.29 is 9.26 Å². The van der Waals surface area contributed by atoms with Crippen LogP contribution in [0.3, 0.4) is 0 Å². The van der Waals surface area contributed by atoms with E-state index < -0.39 is 0 Å². The molecule has 2 N–H and O–H groups in total. The van der Waals surface area contributed by atoms with Gasteiger partial charge in [0.15, 0.2) is 5.82 Å². The fraction of sp³-hybridized carbons (Fsp3) is 0.800. The number of nitrogens with two attached hydrogens (primary N) is 1. The van der Waals surface area contributed by atoms with Crippen molar-refractivity contribution in [3.05, 3.63) is 11.7 Å². The van der Waals surface area contributed by atoms with Crippen LogP contribution in [0.2, 0.25) is 0 Å². The molecule has 0 spiro atoms. The highest BCUT2D eigenvalue weighted by Crippen LogP contribution is 2.14. The lowest BCUT2D eigenvalue weighted by atomic mass is 10.1. The predicted octanol–water partition coefficient (Wildman–Crippen LogP) is 1.80. The van der Waals surface area contributed by atoms with E-state index in [4.69, 9.17) is 15.0 Å². The Kier molecular flexibility index (Phi) is 5.28. The van der Waals surface area contributed by atoms with Gasteiger partial charge >= 0.3 is 0 Å². The quantitative estimate of drug-likeness (QED) is 0.747. The highest BCUT2D eigenvalue weighted by Gasteiger charge is 2.13. The van der Waals surface area contributed by atoms with Gasteiger partial charge in [0.05, 0.1) is 6.04 Å². The van der Waals surface area contributed by atoms with Gasteiger partial charge in [0.25, 0.3) is 0 Å². The minimum atomic E-state index is -0.146. The minimum absolute atomic E-state index is 0.146. The molecule has 0 saturated heterocycles. The monoisotopic (exact) mass is 213 g/mol. The Balaban J connectivity index is 2.43. The number of rotatable bonds is 7. The van der Waals surface area contributed by atoms with Crippen molar-refractivity contribution in [1.82, 2.24) is 10.1 Å². The van der Waals surface area contributed by atoms with Crippen LogP contribution in [0.15, 0.2) is 4.52 Å². The zero-order valence-electron chi connectivity index (χ0n) is 9.40. The lowest BCUT2D eigenvalue weighted by Gasteiger charge is -2.03. The second-order valence-corrected chi connectivity index (χ2v) is 3.43. The first-order valence-corrected chi connectivity index (χ1v) is 5.43. The van der Waals surface area contributed by atoms with Crippen molar-refractivity contribution >= 4 is 0 Å². The van der Waals surface area contributed by atoms with Gasteiger partial charge in [-0.25, -0.2) is 0 Å². The molecule has 15 heavy (non-hydrogen) atoms. The van der Waals surface area contributed by atoms with Gasteiger partial charge in [-0.05, 0) is 13.3 Å². The highest BCUT2D eigenvalue weighted by atomic mass is 16.5. The first kappa shape index (κ1) is 12.1. The first-order chi connectivity index (χ1) is 7.27. The minimum Gasteiger partial charge on any atom is -0.374 e. The molecular formula is C10H19N3O2. The van der Waals surface area contributed by atoms with Crippen molar-refractivity contribution in [1.29, 1.82) is 0 Å². The number of hydrogen-bond acceptors (Lipinski definition) is 5. The third kappa shape index (κ3) is 3.97. The Hall–Kier alpha value is -0.940. The van der Waals surface area contributed by atoms with Crippen LogP contribution >= 0.6 is 0 Å². The number of aromatic nitrogens is 2. The number of unbranched alkanes of at least 4 members (excludes halogenated alkanes) is 1. The molecule has 1 heterocycles. The Morgan fingerprint density at radius 1 is 1.47 bits per heavy atom. The van der Waals surface area contributed by atoms with Crippen LogP contribution in [-0.2, 0) is 11.3 Å². The van der Waals surface area contributed by atoms with E-state index in [2.05, 4.69) is 17.1 Å². The Labute approximate surface area is 90.0 Å². The average molecular weight is 213 g/mol. The molecule has 1 aromatic heterocycles. The Morgan fingerprint density at radius 2 is 2.27 bits per heavy atom. The summed E-state index contributed by atoms with van der Waals surface area (Å²) in [7, 11) is 0. The van der Waals surface area contributed by atoms with Gasteiger partial charge in [0.1, 0.15) is 6.61 Å². The fourth-order valence-corrected chi connectivity index (χ4v) is 1.22. The summed E-state index contributed by atoms with van der Waals surface area (Å²) < 4.78 is 10.2. The van der Waals surface area contributed by atoms with E-state index in [0.717, 1.165) is 19.3 Å². The van der Waals surface area contributed by atoms with Gasteiger partial charge < -0.3 is 15.0 Å². The van der Waals surface area contributed by atoms with Gasteiger partial charge in [-0.2, -0.15) is 4.98 Å². The molecule has 0 aromatic carbocycles. The normalized spacial score (nSPS) is 13.0. The summed E-state index contributed by atoms with van der Waals surface area (Å²) in [6.07, 6.45) is 3.07. The predicted molar refractivity (Wildman–Crippen MR) is 56.1 cm³/mol. The molecule has 1 aromatic rings. The van der Waals surface area contributed by atoms with Crippen LogP contribution in [0.25, 0.3) is 0 Å². The molecular weight excluding hydrogens is 194 g/mol. The number of nitrogens with zero attached hydrogens (tertiary/aromatic N) is 2. The van der Waals surface area contributed by atoms with E-state index >= 15 is 0 Å². The smallest absolute Gasteiger partial charge is 0.243 e. The second-order valence-electron chi connectivity index (χ2n) is 3.43. The van der Waals surface area contributed by atoms with Crippen LogP contribution in [0.4, 0.5) is 0 Å². The van der Waals surface area contributed by atoms with E-state index in [1.807, 2.05) is 6.92 Å². The summed E-state index contributed by atoms with van der Waals surface area (Å²) in [5.41, 5.74) is 5.89. The SMILES string of the molecule is CCCC[C@H](N)c1nc(COCC)no1. The van der Waals surface area contributed by atoms with Crippen molar-refractivity contribution in [2.75, 3.05) is 6.61 Å². The van der Waals surface area contributed by atoms with Crippen LogP contribution < -0.4 is 5.73 Å². The maximum Gasteiger partial charge on any atom is 0.243 e. The molecule has 1 atom stereocenters. The molecule has 0 amide bonds. The molecule has 5 nitrogen and oxygen atoms in total. The third-order valence-electron chi connectivity index (χ3n) is 2.10. The molecule has 1 rings (SSSR count). The third-order valence-corrected chi connectivity index (χ3v) is 2.10. The zero-order valence-corrected chi connectivity index (χ0v) is 9.40. The van der Waals surface area contributed by atoms with Crippen molar-refractivity contribution in [3.63, 3.8) is 0 Å². The zero-order chi connectivity index (χ0) is 11.1. The fourth-order valence-electron chi connectivity index (χ4n) is 1.22. The summed E-state index contributed by atoms with van der Waals surface area (Å²) in [6.45, 7) is 5.08. The summed E-state index contributed by atoms with van der Waals surface area (Å²) in [6, 6.07) is -0.146. The van der Waals surface area contributed by atoms with Gasteiger partial charge in [-0.15, -0.1) is 0 Å². The molecule has 5 heteroatoms. The standard InChI is InChI=1S/C10H19N3O2/c1-3-5-6-8(11)10-12-9(13-15-10)7-14-4-2/h8H,3-7,11H2,1-2H3/t8-/m0/s1. The molecule has 0 aliphatic rings. The van der Waals surface area contributed by atoms with Crippen LogP contribution in [0, 0.1) is 0 Å². The molecule has 0 saturated carbocycles. The molecule has 0 bridgehead atoms. The molecule has 0 radical (unpaired) electrons. The van der Waals surface area contributed by atoms with Crippen molar-refractivity contribution in [2.45, 2.75) is 45.8 Å². The van der Waals surface area contributed by atoms with E-state index in [0.29, 0.717) is 24.9 Å². The van der Waals surface area contributed by atoms with Crippen LogP contribution in [0.5, 0.6) is 0 Å². The lowest BCUT2D eigenvalue weighted by molar-refractivity contribution is 0.126. The van der Waals surface area contributed by atoms with Gasteiger partial charge in [0, 0.05) is 6.61 Å². The van der Waals surface area contributed by atoms with E-state index in [-0.39, 0.29) is 6.04 Å². The average Bonchev–Trinajstić information content (AvgIpc) is 2.71. The summed E-state index contributed by atoms with van der Waals surface area (Å²) in [5, 5.41) is 3.79. The Morgan fingerprint density at radius 3 is 2.93 bits per heavy atom. The molecule has 0 fully saturated rings. The van der Waals surface area contributed by atoms with E-state index in [9.17, 15) is 0 Å². The lowest BCUT2D eigenvalue weighted by Crippen LogP contribution is -2.10.